The normalized spacial score (nSPS) is 14.1. The molecule has 1 unspecified atom stereocenters. The van der Waals surface area contributed by atoms with Gasteiger partial charge in [-0.2, -0.15) is 0 Å². The van der Waals surface area contributed by atoms with Crippen molar-refractivity contribution in [3.63, 3.8) is 0 Å². The molecule has 0 aromatic heterocycles. The van der Waals surface area contributed by atoms with Crippen LogP contribution in [-0.2, 0) is 4.79 Å². The van der Waals surface area contributed by atoms with E-state index in [1.165, 1.54) is 0 Å². The number of carbonyl (C=O) groups is 1. The molecule has 0 saturated heterocycles. The minimum atomic E-state index is -0.810. The van der Waals surface area contributed by atoms with Crippen LogP contribution in [0.25, 0.3) is 0 Å². The third kappa shape index (κ3) is 5.71. The average molecular weight is 217 g/mol. The first-order valence-electron chi connectivity index (χ1n) is 5.25. The lowest BCUT2D eigenvalue weighted by atomic mass is 10.1. The Morgan fingerprint density at radius 1 is 1.60 bits per heavy atom. The monoisotopic (exact) mass is 217 g/mol. The minimum Gasteiger partial charge on any atom is -0.389 e. The van der Waals surface area contributed by atoms with Gasteiger partial charge in [0, 0.05) is 6.54 Å². The number of rotatable bonds is 6. The maximum Gasteiger partial charge on any atom is 0.251 e. The summed E-state index contributed by atoms with van der Waals surface area (Å²) < 4.78 is 0. The van der Waals surface area contributed by atoms with Crippen molar-refractivity contribution in [2.24, 2.45) is 5.84 Å². The van der Waals surface area contributed by atoms with Crippen LogP contribution in [0.3, 0.4) is 0 Å². The second-order valence-electron chi connectivity index (χ2n) is 4.54. The van der Waals surface area contributed by atoms with Crippen molar-refractivity contribution in [1.29, 1.82) is 0 Å². The molecule has 0 bridgehead atoms. The van der Waals surface area contributed by atoms with Crippen molar-refractivity contribution in [2.45, 2.75) is 45.3 Å². The van der Waals surface area contributed by atoms with Crippen LogP contribution in [0.2, 0.25) is 0 Å². The van der Waals surface area contributed by atoms with E-state index in [9.17, 15) is 9.90 Å². The fourth-order valence-corrected chi connectivity index (χ4v) is 1.64. The van der Waals surface area contributed by atoms with E-state index in [-0.39, 0.29) is 11.9 Å². The standard InChI is InChI=1S/C10H23N3O2/c1-5-6-8(9(14)12-11)13(4)7-10(2,3)15/h8,15H,5-7,11H2,1-4H3,(H,12,14). The molecule has 0 saturated carbocycles. The second-order valence-corrected chi connectivity index (χ2v) is 4.54. The molecule has 0 radical (unpaired) electrons. The zero-order valence-electron chi connectivity index (χ0n) is 10.1. The molecule has 0 aliphatic heterocycles. The highest BCUT2D eigenvalue weighted by atomic mass is 16.3. The number of amides is 1. The summed E-state index contributed by atoms with van der Waals surface area (Å²) in [6, 6.07) is -0.272. The minimum absolute atomic E-state index is 0.205. The number of hydrazine groups is 1. The molecule has 0 heterocycles. The SMILES string of the molecule is CCCC(C(=O)NN)N(C)CC(C)(C)O. The summed E-state index contributed by atoms with van der Waals surface area (Å²) in [5.41, 5.74) is 1.34. The number of hydrogen-bond donors (Lipinski definition) is 3. The van der Waals surface area contributed by atoms with Crippen LogP contribution in [0, 0.1) is 0 Å². The largest absolute Gasteiger partial charge is 0.389 e. The maximum atomic E-state index is 11.5. The van der Waals surface area contributed by atoms with E-state index in [4.69, 9.17) is 5.84 Å². The highest BCUT2D eigenvalue weighted by molar-refractivity contribution is 5.81. The molecule has 1 atom stereocenters. The van der Waals surface area contributed by atoms with Gasteiger partial charge in [-0.15, -0.1) is 0 Å². The van der Waals surface area contributed by atoms with Crippen LogP contribution in [0.1, 0.15) is 33.6 Å². The molecule has 90 valence electrons. The molecular formula is C10H23N3O2. The lowest BCUT2D eigenvalue weighted by Crippen LogP contribution is -2.51. The van der Waals surface area contributed by atoms with Gasteiger partial charge in [0.1, 0.15) is 0 Å². The van der Waals surface area contributed by atoms with Gasteiger partial charge < -0.3 is 5.11 Å². The number of carbonyl (C=O) groups excluding carboxylic acids is 1. The van der Waals surface area contributed by atoms with Crippen molar-refractivity contribution in [1.82, 2.24) is 10.3 Å². The lowest BCUT2D eigenvalue weighted by Gasteiger charge is -2.31. The molecule has 0 aliphatic rings. The molecule has 0 aromatic carbocycles. The zero-order chi connectivity index (χ0) is 12.1. The number of nitrogens with zero attached hydrogens (tertiary/aromatic N) is 1. The number of hydrogen-bond acceptors (Lipinski definition) is 4. The third-order valence-electron chi connectivity index (χ3n) is 2.18. The van der Waals surface area contributed by atoms with Gasteiger partial charge in [0.05, 0.1) is 11.6 Å². The summed E-state index contributed by atoms with van der Waals surface area (Å²) in [4.78, 5) is 13.3. The first kappa shape index (κ1) is 14.3. The fourth-order valence-electron chi connectivity index (χ4n) is 1.64. The van der Waals surface area contributed by atoms with E-state index in [0.29, 0.717) is 6.54 Å². The lowest BCUT2D eigenvalue weighted by molar-refractivity contribution is -0.127. The molecule has 0 spiro atoms. The Bertz CT molecular complexity index is 201. The molecular weight excluding hydrogens is 194 g/mol. The molecule has 15 heavy (non-hydrogen) atoms. The van der Waals surface area contributed by atoms with Gasteiger partial charge in [0.2, 0.25) is 0 Å². The summed E-state index contributed by atoms with van der Waals surface area (Å²) >= 11 is 0. The van der Waals surface area contributed by atoms with Crippen LogP contribution in [0.4, 0.5) is 0 Å². The summed E-state index contributed by atoms with van der Waals surface area (Å²) in [6.45, 7) is 5.87. The quantitative estimate of drug-likeness (QED) is 0.328. The number of aliphatic hydroxyl groups is 1. The van der Waals surface area contributed by atoms with Crippen molar-refractivity contribution in [3.8, 4) is 0 Å². The Kier molecular flexibility index (Phi) is 5.79. The Labute approximate surface area is 91.6 Å². The Morgan fingerprint density at radius 3 is 2.47 bits per heavy atom. The molecule has 5 nitrogen and oxygen atoms in total. The summed E-state index contributed by atoms with van der Waals surface area (Å²) in [5.74, 6) is 4.91. The van der Waals surface area contributed by atoms with Crippen LogP contribution in [-0.4, -0.2) is 41.1 Å². The molecule has 0 rings (SSSR count). The summed E-state index contributed by atoms with van der Waals surface area (Å²) in [6.07, 6.45) is 1.63. The average Bonchev–Trinajstić information content (AvgIpc) is 2.10. The van der Waals surface area contributed by atoms with Gasteiger partial charge in [-0.05, 0) is 27.3 Å². The smallest absolute Gasteiger partial charge is 0.251 e. The molecule has 1 amide bonds. The molecule has 0 fully saturated rings. The maximum absolute atomic E-state index is 11.5. The van der Waals surface area contributed by atoms with Crippen molar-refractivity contribution in [3.05, 3.63) is 0 Å². The summed E-state index contributed by atoms with van der Waals surface area (Å²) in [7, 11) is 1.81. The third-order valence-corrected chi connectivity index (χ3v) is 2.18. The molecule has 5 heteroatoms. The molecule has 0 aliphatic carbocycles. The van der Waals surface area contributed by atoms with E-state index >= 15 is 0 Å². The Balaban J connectivity index is 4.41. The predicted molar refractivity (Wildman–Crippen MR) is 60.0 cm³/mol. The van der Waals surface area contributed by atoms with Crippen molar-refractivity contribution < 1.29 is 9.90 Å². The van der Waals surface area contributed by atoms with Gasteiger partial charge in [0.25, 0.3) is 5.91 Å². The summed E-state index contributed by atoms with van der Waals surface area (Å²) in [5, 5.41) is 9.66. The van der Waals surface area contributed by atoms with E-state index in [0.717, 1.165) is 12.8 Å². The predicted octanol–water partition coefficient (Wildman–Crippen LogP) is -0.152. The van der Waals surface area contributed by atoms with Gasteiger partial charge >= 0.3 is 0 Å². The van der Waals surface area contributed by atoms with Crippen LogP contribution in [0.5, 0.6) is 0 Å². The van der Waals surface area contributed by atoms with E-state index in [2.05, 4.69) is 5.43 Å². The number of likely N-dealkylation sites (N-methyl/N-ethyl adjacent to an activating group) is 1. The van der Waals surface area contributed by atoms with E-state index < -0.39 is 5.60 Å². The number of nitrogens with one attached hydrogen (secondary N) is 1. The highest BCUT2D eigenvalue weighted by Gasteiger charge is 2.25. The number of nitrogens with two attached hydrogens (primary N) is 1. The van der Waals surface area contributed by atoms with Crippen LogP contribution < -0.4 is 11.3 Å². The Hall–Kier alpha value is -0.650. The molecule has 0 aromatic rings. The Morgan fingerprint density at radius 2 is 2.13 bits per heavy atom. The van der Waals surface area contributed by atoms with E-state index in [1.54, 1.807) is 13.8 Å². The van der Waals surface area contributed by atoms with Crippen LogP contribution >= 0.6 is 0 Å². The van der Waals surface area contributed by atoms with Gasteiger partial charge in [0.15, 0.2) is 0 Å². The highest BCUT2D eigenvalue weighted by Crippen LogP contribution is 2.10. The zero-order valence-corrected chi connectivity index (χ0v) is 10.1. The van der Waals surface area contributed by atoms with Gasteiger partial charge in [-0.25, -0.2) is 5.84 Å². The van der Waals surface area contributed by atoms with Gasteiger partial charge in [-0.3, -0.25) is 15.1 Å². The first-order valence-corrected chi connectivity index (χ1v) is 5.25. The topological polar surface area (TPSA) is 78.6 Å². The molecule has 4 N–H and O–H groups in total. The second kappa shape index (κ2) is 6.05. The van der Waals surface area contributed by atoms with Crippen LogP contribution in [0.15, 0.2) is 0 Å². The van der Waals surface area contributed by atoms with Crippen molar-refractivity contribution in [2.75, 3.05) is 13.6 Å². The van der Waals surface area contributed by atoms with E-state index in [1.807, 2.05) is 18.9 Å². The fraction of sp³-hybridized carbons (Fsp3) is 0.900. The van der Waals surface area contributed by atoms with Crippen molar-refractivity contribution >= 4 is 5.91 Å². The van der Waals surface area contributed by atoms with Gasteiger partial charge in [-0.1, -0.05) is 13.3 Å². The first-order chi connectivity index (χ1) is 6.81.